The third-order valence-electron chi connectivity index (χ3n) is 10.5. The molecule has 4 aliphatic rings. The van der Waals surface area contributed by atoms with Crippen LogP contribution in [0.4, 0.5) is 5.82 Å². The van der Waals surface area contributed by atoms with Gasteiger partial charge in [0.15, 0.2) is 18.6 Å². The van der Waals surface area contributed by atoms with Crippen molar-refractivity contribution in [1.29, 1.82) is 5.41 Å². The van der Waals surface area contributed by atoms with Gasteiger partial charge in [0, 0.05) is 0 Å². The second kappa shape index (κ2) is 10.7. The molecule has 1 aromatic heterocycles. The van der Waals surface area contributed by atoms with E-state index < -0.39 is 24.5 Å². The van der Waals surface area contributed by atoms with Crippen LogP contribution in [0.3, 0.4) is 0 Å². The van der Waals surface area contributed by atoms with Gasteiger partial charge in [-0.1, -0.05) is 51.3 Å². The lowest BCUT2D eigenvalue weighted by molar-refractivity contribution is -0.796. The number of hydrogen-bond acceptors (Lipinski definition) is 7. The van der Waals surface area contributed by atoms with Crippen LogP contribution in [0.2, 0.25) is 0 Å². The minimum Gasteiger partial charge on any atom is -0.394 e. The molecule has 1 saturated heterocycles. The molecule has 1 saturated carbocycles. The predicted molar refractivity (Wildman–Crippen MR) is 150 cm³/mol. The van der Waals surface area contributed by atoms with Gasteiger partial charge in [0.2, 0.25) is 5.84 Å². The van der Waals surface area contributed by atoms with Crippen molar-refractivity contribution in [2.24, 2.45) is 22.7 Å². The molecule has 2 fully saturated rings. The number of hydrogen-bond donors (Lipinski definition) is 6. The Bertz CT molecular complexity index is 1140. The molecular formula is C30H48N5O4+. The van der Waals surface area contributed by atoms with Crippen LogP contribution in [-0.4, -0.2) is 68.8 Å². The van der Waals surface area contributed by atoms with Crippen molar-refractivity contribution in [3.8, 4) is 0 Å². The number of aliphatic hydroxyl groups is 3. The summed E-state index contributed by atoms with van der Waals surface area (Å²) in [6.07, 6.45) is 9.68. The van der Waals surface area contributed by atoms with Crippen LogP contribution < -0.4 is 10.2 Å². The molecule has 1 unspecified atom stereocenters. The van der Waals surface area contributed by atoms with Gasteiger partial charge in [-0.05, 0) is 67.8 Å². The standard InChI is InChI=1S/C30H47N5O4/c1-18(10-13-30(5)19(2)8-9-20-21(30)7-6-12-29(20,3)4)11-14-34-16-33-27-23(26(34)31)32-17-35(27)28-25(38)24(37)22(15-36)39-28/h9,11,17,19,21-22,24-25,28,31,33,36-38H,6-8,10,12-16H2,1-5H3/p+1/b18-11+,31-26?/t19-,21+,22+,24+,25+,28+,30+/m0/s1. The maximum absolute atomic E-state index is 10.4. The first kappa shape index (κ1) is 28.5. The average molecular weight is 543 g/mol. The molecule has 9 nitrogen and oxygen atoms in total. The number of aliphatic hydroxyl groups excluding tert-OH is 3. The van der Waals surface area contributed by atoms with Crippen LogP contribution in [0, 0.1) is 28.1 Å². The molecule has 0 amide bonds. The van der Waals surface area contributed by atoms with Gasteiger partial charge in [-0.15, -0.1) is 0 Å². The van der Waals surface area contributed by atoms with E-state index in [-0.39, 0.29) is 6.61 Å². The van der Waals surface area contributed by atoms with E-state index in [1.807, 2.05) is 0 Å². The molecule has 5 rings (SSSR count). The van der Waals surface area contributed by atoms with Crippen LogP contribution in [0.1, 0.15) is 85.1 Å². The average Bonchev–Trinajstić information content (AvgIpc) is 3.45. The Morgan fingerprint density at radius 3 is 2.79 bits per heavy atom. The summed E-state index contributed by atoms with van der Waals surface area (Å²) in [5, 5.41) is 42.1. The number of quaternary nitrogens is 1. The Kier molecular flexibility index (Phi) is 7.85. The number of ether oxygens (including phenoxy) is 1. The summed E-state index contributed by atoms with van der Waals surface area (Å²) in [6, 6.07) is 0. The molecule has 2 aliphatic heterocycles. The third kappa shape index (κ3) is 5.01. The van der Waals surface area contributed by atoms with Gasteiger partial charge in [-0.3, -0.25) is 9.47 Å². The molecule has 0 bridgehead atoms. The number of fused-ring (bicyclic) bond motifs is 2. The molecule has 216 valence electrons. The van der Waals surface area contributed by atoms with Crippen molar-refractivity contribution in [2.75, 3.05) is 25.1 Å². The number of nitrogens with one attached hydrogen (secondary N) is 3. The van der Waals surface area contributed by atoms with Crippen molar-refractivity contribution in [1.82, 2.24) is 9.55 Å². The Hall–Kier alpha value is -2.04. The number of imidazole rings is 1. The smallest absolute Gasteiger partial charge is 0.250 e. The fraction of sp³-hybridized carbons (Fsp3) is 0.733. The predicted octanol–water partition coefficient (Wildman–Crippen LogP) is 2.61. The zero-order valence-corrected chi connectivity index (χ0v) is 24.2. The van der Waals surface area contributed by atoms with Crippen LogP contribution in [-0.2, 0) is 4.74 Å². The Balaban J connectivity index is 1.22. The molecule has 6 N–H and O–H groups in total. The molecule has 3 heterocycles. The first-order valence-corrected chi connectivity index (χ1v) is 14.7. The van der Waals surface area contributed by atoms with Gasteiger partial charge in [-0.2, -0.15) is 0 Å². The van der Waals surface area contributed by atoms with Gasteiger partial charge in [-0.25, -0.2) is 10.4 Å². The van der Waals surface area contributed by atoms with Crippen molar-refractivity contribution < 1.29 is 25.0 Å². The van der Waals surface area contributed by atoms with E-state index in [0.29, 0.717) is 53.2 Å². The van der Waals surface area contributed by atoms with Crippen molar-refractivity contribution in [3.05, 3.63) is 35.3 Å². The summed E-state index contributed by atoms with van der Waals surface area (Å²) >= 11 is 0. The molecule has 39 heavy (non-hydrogen) atoms. The molecule has 0 spiro atoms. The largest absolute Gasteiger partial charge is 0.394 e. The van der Waals surface area contributed by atoms with Gasteiger partial charge < -0.3 is 25.4 Å². The zero-order valence-electron chi connectivity index (χ0n) is 24.2. The first-order valence-electron chi connectivity index (χ1n) is 14.7. The van der Waals surface area contributed by atoms with E-state index in [1.54, 1.807) is 10.1 Å². The molecule has 0 radical (unpaired) electrons. The highest BCUT2D eigenvalue weighted by Crippen LogP contribution is 2.58. The topological polar surface area (TPSA) is 128 Å². The van der Waals surface area contributed by atoms with E-state index in [0.717, 1.165) is 11.3 Å². The SMILES string of the molecule is C/C(=C\C[NH+]1CNc2c(ncn2[C@@H]2O[C@H](CO)[C@@H](O)[C@H]2O)C1=N)CC[C@@]1(C)[C@@H]2CCCC(C)(C)C2=CC[C@@H]1C. The number of nitrogens with zero attached hydrogens (tertiary/aromatic N) is 2. The lowest BCUT2D eigenvalue weighted by Gasteiger charge is -2.53. The summed E-state index contributed by atoms with van der Waals surface area (Å²) in [7, 11) is 0. The zero-order chi connectivity index (χ0) is 28.1. The highest BCUT2D eigenvalue weighted by atomic mass is 16.6. The minimum atomic E-state index is -1.19. The van der Waals surface area contributed by atoms with Crippen LogP contribution in [0.15, 0.2) is 29.6 Å². The third-order valence-corrected chi connectivity index (χ3v) is 10.5. The Labute approximate surface area is 232 Å². The maximum atomic E-state index is 10.4. The summed E-state index contributed by atoms with van der Waals surface area (Å²) in [5.41, 5.74) is 4.25. The highest BCUT2D eigenvalue weighted by molar-refractivity contribution is 5.94. The van der Waals surface area contributed by atoms with E-state index >= 15 is 0 Å². The van der Waals surface area contributed by atoms with Gasteiger partial charge in [0.1, 0.15) is 30.7 Å². The van der Waals surface area contributed by atoms with Crippen LogP contribution in [0.5, 0.6) is 0 Å². The fourth-order valence-corrected chi connectivity index (χ4v) is 7.47. The normalized spacial score (nSPS) is 38.2. The molecule has 8 atom stereocenters. The molecule has 0 aromatic carbocycles. The number of amidine groups is 1. The number of anilines is 1. The van der Waals surface area contributed by atoms with Gasteiger partial charge >= 0.3 is 0 Å². The minimum absolute atomic E-state index is 0.320. The highest BCUT2D eigenvalue weighted by Gasteiger charge is 2.48. The van der Waals surface area contributed by atoms with E-state index in [2.05, 4.69) is 57.1 Å². The lowest BCUT2D eigenvalue weighted by atomic mass is 9.52. The monoisotopic (exact) mass is 542 g/mol. The second-order valence-electron chi connectivity index (χ2n) is 13.3. The summed E-state index contributed by atoms with van der Waals surface area (Å²) in [5.74, 6) is 2.36. The Morgan fingerprint density at radius 2 is 2.08 bits per heavy atom. The van der Waals surface area contributed by atoms with Gasteiger partial charge in [0.25, 0.3) is 0 Å². The van der Waals surface area contributed by atoms with E-state index in [1.165, 1.54) is 44.0 Å². The summed E-state index contributed by atoms with van der Waals surface area (Å²) in [4.78, 5) is 5.41. The van der Waals surface area contributed by atoms with Crippen LogP contribution >= 0.6 is 0 Å². The number of rotatable bonds is 7. The number of aromatic nitrogens is 2. The molecule has 1 aromatic rings. The lowest BCUT2D eigenvalue weighted by Crippen LogP contribution is -3.16. The van der Waals surface area contributed by atoms with Crippen molar-refractivity contribution >= 4 is 11.7 Å². The first-order chi connectivity index (χ1) is 18.5. The number of allylic oxidation sites excluding steroid dienone is 3. The maximum Gasteiger partial charge on any atom is 0.250 e. The molecular weight excluding hydrogens is 494 g/mol. The Morgan fingerprint density at radius 1 is 1.31 bits per heavy atom. The van der Waals surface area contributed by atoms with E-state index in [9.17, 15) is 15.3 Å². The van der Waals surface area contributed by atoms with Crippen LogP contribution in [0.25, 0.3) is 0 Å². The summed E-state index contributed by atoms with van der Waals surface area (Å²) in [6.45, 7) is 12.9. The molecule has 2 aliphatic carbocycles. The quantitative estimate of drug-likeness (QED) is 0.294. The molecule has 9 heteroatoms. The van der Waals surface area contributed by atoms with Crippen molar-refractivity contribution in [3.63, 3.8) is 0 Å². The van der Waals surface area contributed by atoms with E-state index in [4.69, 9.17) is 10.1 Å². The van der Waals surface area contributed by atoms with Crippen molar-refractivity contribution in [2.45, 2.75) is 97.7 Å². The summed E-state index contributed by atoms with van der Waals surface area (Å²) < 4.78 is 7.28. The fourth-order valence-electron chi connectivity index (χ4n) is 7.47. The second-order valence-corrected chi connectivity index (χ2v) is 13.3. The van der Waals surface area contributed by atoms with Gasteiger partial charge in [0.05, 0.1) is 12.9 Å².